The minimum Gasteiger partial charge on any atom is -0.493 e. The Morgan fingerprint density at radius 3 is 2.47 bits per heavy atom. The van der Waals surface area contributed by atoms with Crippen molar-refractivity contribution in [2.45, 2.75) is 13.5 Å². The second kappa shape index (κ2) is 8.93. The Morgan fingerprint density at radius 1 is 1.00 bits per heavy atom. The largest absolute Gasteiger partial charge is 0.493 e. The van der Waals surface area contributed by atoms with Gasteiger partial charge in [-0.05, 0) is 48.9 Å². The SMILES string of the molecule is COc1ccc(N(C)c2nc(C)nc3ccccc23)cc1OCc1ccc(C(=O)O)cc1. The molecule has 7 heteroatoms. The third-order valence-electron chi connectivity index (χ3n) is 5.14. The van der Waals surface area contributed by atoms with Crippen LogP contribution >= 0.6 is 0 Å². The van der Waals surface area contributed by atoms with Gasteiger partial charge in [0.15, 0.2) is 11.5 Å². The summed E-state index contributed by atoms with van der Waals surface area (Å²) in [6.45, 7) is 2.15. The molecule has 3 aromatic carbocycles. The first kappa shape index (κ1) is 21.1. The number of nitrogens with zero attached hydrogens (tertiary/aromatic N) is 3. The molecular formula is C25H23N3O4. The lowest BCUT2D eigenvalue weighted by molar-refractivity contribution is 0.0697. The highest BCUT2D eigenvalue weighted by atomic mass is 16.5. The minimum atomic E-state index is -0.956. The molecule has 1 heterocycles. The first-order valence-electron chi connectivity index (χ1n) is 10.1. The first-order chi connectivity index (χ1) is 15.5. The lowest BCUT2D eigenvalue weighted by Crippen LogP contribution is -2.13. The van der Waals surface area contributed by atoms with Crippen LogP contribution in [0.3, 0.4) is 0 Å². The van der Waals surface area contributed by atoms with Gasteiger partial charge in [0.05, 0.1) is 18.2 Å². The van der Waals surface area contributed by atoms with E-state index in [1.165, 1.54) is 0 Å². The van der Waals surface area contributed by atoms with Crippen LogP contribution < -0.4 is 14.4 Å². The summed E-state index contributed by atoms with van der Waals surface area (Å²) >= 11 is 0. The Bertz CT molecular complexity index is 1270. The molecule has 1 aromatic heterocycles. The Hall–Kier alpha value is -4.13. The average Bonchev–Trinajstić information content (AvgIpc) is 2.81. The molecule has 0 amide bonds. The van der Waals surface area contributed by atoms with Crippen molar-refractivity contribution in [3.8, 4) is 11.5 Å². The Kier molecular flexibility index (Phi) is 5.89. The molecule has 0 saturated carbocycles. The zero-order chi connectivity index (χ0) is 22.7. The number of para-hydroxylation sites is 1. The fourth-order valence-corrected chi connectivity index (χ4v) is 3.44. The number of fused-ring (bicyclic) bond motifs is 1. The van der Waals surface area contributed by atoms with Gasteiger partial charge in [-0.2, -0.15) is 0 Å². The number of hydrogen-bond donors (Lipinski definition) is 1. The van der Waals surface area contributed by atoms with E-state index in [1.807, 2.05) is 61.3 Å². The molecule has 0 bridgehead atoms. The Balaban J connectivity index is 1.62. The van der Waals surface area contributed by atoms with E-state index < -0.39 is 5.97 Å². The lowest BCUT2D eigenvalue weighted by Gasteiger charge is -2.22. The number of hydrogen-bond acceptors (Lipinski definition) is 6. The smallest absolute Gasteiger partial charge is 0.335 e. The molecule has 0 aliphatic rings. The lowest BCUT2D eigenvalue weighted by atomic mass is 10.1. The summed E-state index contributed by atoms with van der Waals surface area (Å²) in [6.07, 6.45) is 0. The number of methoxy groups -OCH3 is 1. The maximum atomic E-state index is 11.0. The third-order valence-corrected chi connectivity index (χ3v) is 5.14. The van der Waals surface area contributed by atoms with Crippen LogP contribution in [0.25, 0.3) is 10.9 Å². The quantitative estimate of drug-likeness (QED) is 0.443. The summed E-state index contributed by atoms with van der Waals surface area (Å²) in [5, 5.41) is 10.0. The van der Waals surface area contributed by atoms with Gasteiger partial charge in [0, 0.05) is 24.2 Å². The van der Waals surface area contributed by atoms with Crippen molar-refractivity contribution in [2.24, 2.45) is 0 Å². The summed E-state index contributed by atoms with van der Waals surface area (Å²) in [6, 6.07) is 20.2. The molecule has 0 fully saturated rings. The molecule has 162 valence electrons. The van der Waals surface area contributed by atoms with Crippen molar-refractivity contribution in [2.75, 3.05) is 19.1 Å². The number of aromatic nitrogens is 2. The summed E-state index contributed by atoms with van der Waals surface area (Å²) in [7, 11) is 3.54. The van der Waals surface area contributed by atoms with Gasteiger partial charge in [-0.1, -0.05) is 24.3 Å². The van der Waals surface area contributed by atoms with E-state index in [1.54, 1.807) is 31.4 Å². The maximum Gasteiger partial charge on any atom is 0.335 e. The highest BCUT2D eigenvalue weighted by Crippen LogP contribution is 2.35. The molecule has 0 spiro atoms. The van der Waals surface area contributed by atoms with Crippen LogP contribution in [-0.4, -0.2) is 35.2 Å². The number of anilines is 2. The van der Waals surface area contributed by atoms with Gasteiger partial charge in [0.1, 0.15) is 18.2 Å². The fourth-order valence-electron chi connectivity index (χ4n) is 3.44. The molecule has 0 unspecified atom stereocenters. The number of carbonyl (C=O) groups is 1. The molecule has 0 aliphatic carbocycles. The van der Waals surface area contributed by atoms with Crippen LogP contribution in [0.1, 0.15) is 21.7 Å². The van der Waals surface area contributed by atoms with Crippen molar-refractivity contribution >= 4 is 28.4 Å². The molecule has 0 aliphatic heterocycles. The Labute approximate surface area is 185 Å². The summed E-state index contributed by atoms with van der Waals surface area (Å²) < 4.78 is 11.5. The van der Waals surface area contributed by atoms with E-state index in [0.29, 0.717) is 17.3 Å². The van der Waals surface area contributed by atoms with Crippen molar-refractivity contribution in [3.05, 3.63) is 83.7 Å². The standard InChI is InChI=1S/C25H23N3O4/c1-16-26-21-7-5-4-6-20(21)24(27-16)28(2)19-12-13-22(31-3)23(14-19)32-15-17-8-10-18(11-9-17)25(29)30/h4-14H,15H2,1-3H3,(H,29,30). The normalized spacial score (nSPS) is 10.7. The van der Waals surface area contributed by atoms with Gasteiger partial charge in [-0.3, -0.25) is 0 Å². The van der Waals surface area contributed by atoms with E-state index in [2.05, 4.69) is 9.97 Å². The highest BCUT2D eigenvalue weighted by molar-refractivity contribution is 5.91. The molecule has 0 saturated heterocycles. The zero-order valence-corrected chi connectivity index (χ0v) is 18.1. The number of carboxylic acids is 1. The molecule has 0 radical (unpaired) electrons. The monoisotopic (exact) mass is 429 g/mol. The third kappa shape index (κ3) is 4.32. The van der Waals surface area contributed by atoms with Crippen molar-refractivity contribution in [1.29, 1.82) is 0 Å². The van der Waals surface area contributed by atoms with Crippen LogP contribution in [0, 0.1) is 6.92 Å². The van der Waals surface area contributed by atoms with Gasteiger partial charge >= 0.3 is 5.97 Å². The van der Waals surface area contributed by atoms with Crippen LogP contribution in [0.4, 0.5) is 11.5 Å². The molecule has 4 aromatic rings. The number of aryl methyl sites for hydroxylation is 1. The number of benzene rings is 3. The van der Waals surface area contributed by atoms with E-state index in [4.69, 9.17) is 14.6 Å². The average molecular weight is 429 g/mol. The predicted octanol–water partition coefficient (Wildman–Crippen LogP) is 4.99. The molecule has 0 atom stereocenters. The van der Waals surface area contributed by atoms with E-state index in [-0.39, 0.29) is 12.2 Å². The summed E-state index contributed by atoms with van der Waals surface area (Å²) in [5.74, 6) is 1.72. The van der Waals surface area contributed by atoms with Gasteiger partial charge in [0.25, 0.3) is 0 Å². The summed E-state index contributed by atoms with van der Waals surface area (Å²) in [5.41, 5.74) is 2.86. The fraction of sp³-hybridized carbons (Fsp3) is 0.160. The number of carboxylic acid groups (broad SMARTS) is 1. The minimum absolute atomic E-state index is 0.238. The van der Waals surface area contributed by atoms with E-state index in [9.17, 15) is 4.79 Å². The number of aromatic carboxylic acids is 1. The summed E-state index contributed by atoms with van der Waals surface area (Å²) in [4.78, 5) is 22.2. The van der Waals surface area contributed by atoms with Crippen molar-refractivity contribution < 1.29 is 19.4 Å². The molecule has 1 N–H and O–H groups in total. The van der Waals surface area contributed by atoms with E-state index in [0.717, 1.165) is 28.0 Å². The van der Waals surface area contributed by atoms with Gasteiger partial charge in [-0.25, -0.2) is 14.8 Å². The Morgan fingerprint density at radius 2 is 1.75 bits per heavy atom. The van der Waals surface area contributed by atoms with Crippen LogP contribution in [0.15, 0.2) is 66.7 Å². The first-order valence-corrected chi connectivity index (χ1v) is 10.1. The molecular weight excluding hydrogens is 406 g/mol. The van der Waals surface area contributed by atoms with E-state index >= 15 is 0 Å². The zero-order valence-electron chi connectivity index (χ0n) is 18.1. The predicted molar refractivity (Wildman–Crippen MR) is 123 cm³/mol. The molecule has 32 heavy (non-hydrogen) atoms. The van der Waals surface area contributed by atoms with Gasteiger partial charge in [-0.15, -0.1) is 0 Å². The number of ether oxygens (including phenoxy) is 2. The topological polar surface area (TPSA) is 84.8 Å². The van der Waals surface area contributed by atoms with Crippen molar-refractivity contribution in [1.82, 2.24) is 9.97 Å². The molecule has 7 nitrogen and oxygen atoms in total. The van der Waals surface area contributed by atoms with Gasteiger partial charge in [0.2, 0.25) is 0 Å². The van der Waals surface area contributed by atoms with Crippen molar-refractivity contribution in [3.63, 3.8) is 0 Å². The second-order valence-electron chi connectivity index (χ2n) is 7.30. The maximum absolute atomic E-state index is 11.0. The highest BCUT2D eigenvalue weighted by Gasteiger charge is 2.15. The van der Waals surface area contributed by atoms with Crippen LogP contribution in [-0.2, 0) is 6.61 Å². The number of rotatable bonds is 7. The van der Waals surface area contributed by atoms with Crippen LogP contribution in [0.2, 0.25) is 0 Å². The van der Waals surface area contributed by atoms with Gasteiger partial charge < -0.3 is 19.5 Å². The second-order valence-corrected chi connectivity index (χ2v) is 7.30. The molecule has 4 rings (SSSR count). The van der Waals surface area contributed by atoms with Crippen LogP contribution in [0.5, 0.6) is 11.5 Å².